The Kier molecular flexibility index (Phi) is 7.74. The molecule has 0 saturated carbocycles. The number of hydrogen-bond acceptors (Lipinski definition) is 3. The summed E-state index contributed by atoms with van der Waals surface area (Å²) in [7, 11) is 0. The van der Waals surface area contributed by atoms with Crippen molar-refractivity contribution in [1.82, 2.24) is 9.71 Å². The molecule has 3 aromatic rings. The molecular formula is C25H32N2O2. The van der Waals surface area contributed by atoms with Crippen LogP contribution < -0.4 is 0 Å². The van der Waals surface area contributed by atoms with Crippen molar-refractivity contribution < 1.29 is 10.3 Å². The van der Waals surface area contributed by atoms with Crippen LogP contribution in [0.15, 0.2) is 54.6 Å². The third-order valence-corrected chi connectivity index (χ3v) is 5.41. The minimum absolute atomic E-state index is 0.117. The van der Waals surface area contributed by atoms with E-state index in [0.717, 1.165) is 36.2 Å². The van der Waals surface area contributed by atoms with Crippen molar-refractivity contribution in [1.29, 1.82) is 0 Å². The number of unbranched alkanes of at least 4 members (excludes halogenated alkanes) is 7. The summed E-state index contributed by atoms with van der Waals surface area (Å²) in [5.41, 5.74) is 3.11. The van der Waals surface area contributed by atoms with E-state index in [1.807, 2.05) is 36.4 Å². The summed E-state index contributed by atoms with van der Waals surface area (Å²) < 4.78 is 1.17. The third-order valence-electron chi connectivity index (χ3n) is 5.41. The summed E-state index contributed by atoms with van der Waals surface area (Å²) in [5.74, 6) is 0.502. The molecule has 0 aliphatic rings. The lowest BCUT2D eigenvalue weighted by Crippen LogP contribution is -2.01. The number of imidazole rings is 1. The maximum Gasteiger partial charge on any atom is 0.179 e. The highest BCUT2D eigenvalue weighted by Gasteiger charge is 2.20. The SMILES string of the molecule is CCCCCCCCCCc1c(-c2ccccc2)nc(-c2ccccc2O)n1O. The van der Waals surface area contributed by atoms with Gasteiger partial charge in [0.15, 0.2) is 5.82 Å². The molecule has 0 aliphatic carbocycles. The van der Waals surface area contributed by atoms with E-state index in [-0.39, 0.29) is 5.75 Å². The Bertz CT molecular complexity index is 887. The smallest absolute Gasteiger partial charge is 0.179 e. The fourth-order valence-corrected chi connectivity index (χ4v) is 3.76. The summed E-state index contributed by atoms with van der Waals surface area (Å²) in [6.07, 6.45) is 10.7. The van der Waals surface area contributed by atoms with Gasteiger partial charge in [0.1, 0.15) is 5.75 Å². The number of phenols is 1. The molecule has 2 N–H and O–H groups in total. The average Bonchev–Trinajstić information content (AvgIpc) is 3.07. The quantitative estimate of drug-likeness (QED) is 0.277. The molecule has 154 valence electrons. The zero-order chi connectivity index (χ0) is 20.5. The highest BCUT2D eigenvalue weighted by Crippen LogP contribution is 2.33. The second-order valence-electron chi connectivity index (χ2n) is 7.65. The molecule has 1 heterocycles. The second-order valence-corrected chi connectivity index (χ2v) is 7.65. The average molecular weight is 393 g/mol. The molecule has 0 spiro atoms. The van der Waals surface area contributed by atoms with Crippen molar-refractivity contribution in [3.8, 4) is 28.4 Å². The lowest BCUT2D eigenvalue weighted by atomic mass is 10.0. The lowest BCUT2D eigenvalue weighted by molar-refractivity contribution is 0.181. The van der Waals surface area contributed by atoms with Crippen LogP contribution in [0.1, 0.15) is 64.0 Å². The topological polar surface area (TPSA) is 58.3 Å². The maximum atomic E-state index is 10.9. The summed E-state index contributed by atoms with van der Waals surface area (Å²) >= 11 is 0. The van der Waals surface area contributed by atoms with E-state index in [0.29, 0.717) is 11.4 Å². The summed E-state index contributed by atoms with van der Waals surface area (Å²) in [5, 5.41) is 21.1. The van der Waals surface area contributed by atoms with Gasteiger partial charge in [0.2, 0.25) is 0 Å². The molecule has 0 unspecified atom stereocenters. The Hall–Kier alpha value is -2.75. The first-order chi connectivity index (χ1) is 14.2. The van der Waals surface area contributed by atoms with Gasteiger partial charge in [0.05, 0.1) is 17.0 Å². The lowest BCUT2D eigenvalue weighted by Gasteiger charge is -2.07. The van der Waals surface area contributed by atoms with Crippen LogP contribution in [0.4, 0.5) is 0 Å². The van der Waals surface area contributed by atoms with Crippen LogP contribution in [-0.2, 0) is 6.42 Å². The van der Waals surface area contributed by atoms with Crippen LogP contribution in [0.3, 0.4) is 0 Å². The van der Waals surface area contributed by atoms with Crippen LogP contribution >= 0.6 is 0 Å². The highest BCUT2D eigenvalue weighted by molar-refractivity contribution is 5.71. The van der Waals surface area contributed by atoms with Crippen molar-refractivity contribution in [2.45, 2.75) is 64.7 Å². The van der Waals surface area contributed by atoms with Crippen molar-refractivity contribution in [2.24, 2.45) is 0 Å². The molecule has 4 heteroatoms. The number of hydrogen-bond donors (Lipinski definition) is 2. The van der Waals surface area contributed by atoms with Crippen molar-refractivity contribution in [3.63, 3.8) is 0 Å². The molecule has 0 fully saturated rings. The molecule has 0 saturated heterocycles. The number of aromatic nitrogens is 2. The fraction of sp³-hybridized carbons (Fsp3) is 0.400. The molecule has 0 amide bonds. The van der Waals surface area contributed by atoms with Gasteiger partial charge in [-0.05, 0) is 25.0 Å². The van der Waals surface area contributed by atoms with Gasteiger partial charge < -0.3 is 10.3 Å². The largest absolute Gasteiger partial charge is 0.507 e. The van der Waals surface area contributed by atoms with Crippen molar-refractivity contribution >= 4 is 0 Å². The van der Waals surface area contributed by atoms with Crippen molar-refractivity contribution in [3.05, 3.63) is 60.3 Å². The molecule has 0 bridgehead atoms. The minimum atomic E-state index is 0.117. The molecular weight excluding hydrogens is 360 g/mol. The zero-order valence-electron chi connectivity index (χ0n) is 17.3. The van der Waals surface area contributed by atoms with E-state index in [2.05, 4.69) is 6.92 Å². The van der Waals surface area contributed by atoms with Crippen LogP contribution in [-0.4, -0.2) is 20.0 Å². The van der Waals surface area contributed by atoms with Gasteiger partial charge in [-0.1, -0.05) is 94.3 Å². The molecule has 29 heavy (non-hydrogen) atoms. The van der Waals surface area contributed by atoms with Gasteiger partial charge in [0.25, 0.3) is 0 Å². The van der Waals surface area contributed by atoms with Gasteiger partial charge in [-0.2, -0.15) is 4.73 Å². The first-order valence-corrected chi connectivity index (χ1v) is 10.9. The Morgan fingerprint density at radius 1 is 0.793 bits per heavy atom. The van der Waals surface area contributed by atoms with Crippen LogP contribution in [0.25, 0.3) is 22.6 Å². The molecule has 0 radical (unpaired) electrons. The normalized spacial score (nSPS) is 11.1. The predicted octanol–water partition coefficient (Wildman–Crippen LogP) is 6.84. The summed E-state index contributed by atoms with van der Waals surface area (Å²) in [4.78, 5) is 4.71. The Labute approximate surface area is 173 Å². The predicted molar refractivity (Wildman–Crippen MR) is 118 cm³/mol. The summed E-state index contributed by atoms with van der Waals surface area (Å²) in [6, 6.07) is 16.9. The number of benzene rings is 2. The highest BCUT2D eigenvalue weighted by atomic mass is 16.5. The first-order valence-electron chi connectivity index (χ1n) is 10.9. The number of rotatable bonds is 11. The molecule has 3 rings (SSSR count). The molecule has 1 aromatic heterocycles. The minimum Gasteiger partial charge on any atom is -0.507 e. The van der Waals surface area contributed by atoms with Gasteiger partial charge in [-0.15, -0.1) is 0 Å². The van der Waals surface area contributed by atoms with E-state index >= 15 is 0 Å². The van der Waals surface area contributed by atoms with E-state index in [1.165, 1.54) is 43.3 Å². The summed E-state index contributed by atoms with van der Waals surface area (Å²) in [6.45, 7) is 2.24. The van der Waals surface area contributed by atoms with Crippen LogP contribution in [0, 0.1) is 0 Å². The molecule has 0 aliphatic heterocycles. The molecule has 0 atom stereocenters. The Morgan fingerprint density at radius 2 is 1.41 bits per heavy atom. The number of phenolic OH excluding ortho intramolecular Hbond substituents is 1. The van der Waals surface area contributed by atoms with Gasteiger partial charge in [-0.3, -0.25) is 0 Å². The van der Waals surface area contributed by atoms with E-state index in [4.69, 9.17) is 4.98 Å². The monoisotopic (exact) mass is 392 g/mol. The van der Waals surface area contributed by atoms with Crippen LogP contribution in [0.2, 0.25) is 0 Å². The standard InChI is InChI=1S/C25H32N2O2/c1-2-3-4-5-6-7-8-12-18-22-24(20-15-10-9-11-16-20)26-25(27(22)29)21-17-13-14-19-23(21)28/h9-11,13-17,19,28-29H,2-8,12,18H2,1H3. The van der Waals surface area contributed by atoms with Gasteiger partial charge >= 0.3 is 0 Å². The van der Waals surface area contributed by atoms with Crippen molar-refractivity contribution in [2.75, 3.05) is 0 Å². The maximum absolute atomic E-state index is 10.9. The van der Waals surface area contributed by atoms with E-state index in [9.17, 15) is 10.3 Å². The third kappa shape index (κ3) is 5.41. The van der Waals surface area contributed by atoms with E-state index < -0.39 is 0 Å². The fourth-order valence-electron chi connectivity index (χ4n) is 3.76. The number of para-hydroxylation sites is 1. The van der Waals surface area contributed by atoms with Crippen LogP contribution in [0.5, 0.6) is 5.75 Å². The first kappa shape index (κ1) is 21.0. The van der Waals surface area contributed by atoms with Gasteiger partial charge in [0, 0.05) is 5.56 Å². The second kappa shape index (κ2) is 10.7. The van der Waals surface area contributed by atoms with Gasteiger partial charge in [-0.25, -0.2) is 4.98 Å². The molecule has 2 aromatic carbocycles. The number of nitrogens with zero attached hydrogens (tertiary/aromatic N) is 2. The molecule has 4 nitrogen and oxygen atoms in total. The zero-order valence-corrected chi connectivity index (χ0v) is 17.3. The number of aromatic hydroxyl groups is 1. The Morgan fingerprint density at radius 3 is 2.10 bits per heavy atom. The van der Waals surface area contributed by atoms with E-state index in [1.54, 1.807) is 18.2 Å². The Balaban J connectivity index is 1.75.